The van der Waals surface area contributed by atoms with Crippen LogP contribution in [0, 0.1) is 5.92 Å². The molecule has 0 saturated carbocycles. The van der Waals surface area contributed by atoms with Crippen LogP contribution in [0.4, 0.5) is 0 Å². The molecule has 0 aromatic carbocycles. The number of rotatable bonds is 5. The Morgan fingerprint density at radius 2 is 2.18 bits per heavy atom. The molecule has 2 atom stereocenters. The lowest BCUT2D eigenvalue weighted by Gasteiger charge is -2.30. The van der Waals surface area contributed by atoms with E-state index in [1.54, 1.807) is 13.8 Å². The van der Waals surface area contributed by atoms with Crippen molar-refractivity contribution in [3.63, 3.8) is 0 Å². The van der Waals surface area contributed by atoms with Gasteiger partial charge < -0.3 is 4.74 Å². The van der Waals surface area contributed by atoms with E-state index in [4.69, 9.17) is 16.3 Å². The number of ether oxygens (including phenoxy) is 1. The van der Waals surface area contributed by atoms with E-state index in [0.29, 0.717) is 17.0 Å². The van der Waals surface area contributed by atoms with Crippen LogP contribution in [0.2, 0.25) is 0 Å². The van der Waals surface area contributed by atoms with Gasteiger partial charge in [-0.25, -0.2) is 4.79 Å². The summed E-state index contributed by atoms with van der Waals surface area (Å²) in [5.41, 5.74) is 1.59. The third-order valence-corrected chi connectivity index (χ3v) is 4.83. The number of ketones is 1. The molecule has 0 saturated heterocycles. The van der Waals surface area contributed by atoms with Crippen molar-refractivity contribution >= 4 is 40.4 Å². The normalized spacial score (nSPS) is 21.5. The Labute approximate surface area is 138 Å². The number of hydrogen-bond acceptors (Lipinski definition) is 5. The SMILES string of the molecule is CCOC(=O)C1=C(CCl)N=C(C)C(C(C)=O)C1c1cccs1. The quantitative estimate of drug-likeness (QED) is 0.608. The van der Waals surface area contributed by atoms with Crippen LogP contribution in [-0.4, -0.2) is 30.0 Å². The number of thiophene rings is 1. The predicted octanol–water partition coefficient (Wildman–Crippen LogP) is 3.57. The average molecular weight is 340 g/mol. The molecular weight excluding hydrogens is 322 g/mol. The van der Waals surface area contributed by atoms with Gasteiger partial charge in [0.15, 0.2) is 0 Å². The molecule has 6 heteroatoms. The Morgan fingerprint density at radius 1 is 1.45 bits per heavy atom. The molecule has 0 aliphatic carbocycles. The van der Waals surface area contributed by atoms with Gasteiger partial charge in [0.05, 0.1) is 29.7 Å². The Kier molecular flexibility index (Phi) is 5.53. The minimum absolute atomic E-state index is 0.0185. The minimum Gasteiger partial charge on any atom is -0.463 e. The molecule has 0 radical (unpaired) electrons. The fourth-order valence-corrected chi connectivity index (χ4v) is 3.86. The van der Waals surface area contributed by atoms with E-state index in [0.717, 1.165) is 4.88 Å². The molecule has 4 nitrogen and oxygen atoms in total. The van der Waals surface area contributed by atoms with Crippen LogP contribution in [0.5, 0.6) is 0 Å². The Bertz CT molecular complexity index is 634. The lowest BCUT2D eigenvalue weighted by atomic mass is 9.77. The summed E-state index contributed by atoms with van der Waals surface area (Å²) in [5, 5.41) is 1.93. The van der Waals surface area contributed by atoms with Crippen molar-refractivity contribution in [3.8, 4) is 0 Å². The van der Waals surface area contributed by atoms with E-state index in [9.17, 15) is 9.59 Å². The number of halogens is 1. The second-order valence-electron chi connectivity index (χ2n) is 5.05. The smallest absolute Gasteiger partial charge is 0.336 e. The van der Waals surface area contributed by atoms with Gasteiger partial charge in [-0.2, -0.15) is 0 Å². The number of allylic oxidation sites excluding steroid dienone is 1. The molecule has 0 bridgehead atoms. The first-order valence-electron chi connectivity index (χ1n) is 7.06. The molecule has 1 aromatic heterocycles. The molecule has 0 N–H and O–H groups in total. The summed E-state index contributed by atoms with van der Waals surface area (Å²) in [6.45, 7) is 5.35. The number of carbonyl (C=O) groups is 2. The van der Waals surface area contributed by atoms with Crippen molar-refractivity contribution in [2.75, 3.05) is 12.5 Å². The number of Topliss-reactive ketones (excluding diaryl/α,β-unsaturated/α-hetero) is 1. The van der Waals surface area contributed by atoms with Crippen LogP contribution in [0.3, 0.4) is 0 Å². The van der Waals surface area contributed by atoms with E-state index < -0.39 is 11.9 Å². The van der Waals surface area contributed by atoms with Gasteiger partial charge in [0, 0.05) is 16.5 Å². The first-order chi connectivity index (χ1) is 10.5. The topological polar surface area (TPSA) is 55.7 Å². The third kappa shape index (κ3) is 3.15. The summed E-state index contributed by atoms with van der Waals surface area (Å²) in [7, 11) is 0. The van der Waals surface area contributed by atoms with E-state index in [-0.39, 0.29) is 24.2 Å². The lowest BCUT2D eigenvalue weighted by molar-refractivity contribution is -0.139. The fourth-order valence-electron chi connectivity index (χ4n) is 2.79. The van der Waals surface area contributed by atoms with Gasteiger partial charge in [-0.05, 0) is 32.2 Å². The summed E-state index contributed by atoms with van der Waals surface area (Å²) in [6.07, 6.45) is 0. The summed E-state index contributed by atoms with van der Waals surface area (Å²) >= 11 is 7.50. The minimum atomic E-state index is -0.454. The van der Waals surface area contributed by atoms with Gasteiger partial charge in [0.25, 0.3) is 0 Å². The van der Waals surface area contributed by atoms with Crippen molar-refractivity contribution in [2.24, 2.45) is 10.9 Å². The van der Waals surface area contributed by atoms with Crippen LogP contribution < -0.4 is 0 Å². The third-order valence-electron chi connectivity index (χ3n) is 3.63. The highest BCUT2D eigenvalue weighted by Gasteiger charge is 2.41. The van der Waals surface area contributed by atoms with E-state index in [1.807, 2.05) is 17.5 Å². The predicted molar refractivity (Wildman–Crippen MR) is 88.7 cm³/mol. The molecule has 22 heavy (non-hydrogen) atoms. The van der Waals surface area contributed by atoms with Crippen LogP contribution in [-0.2, 0) is 14.3 Å². The molecule has 2 rings (SSSR count). The highest BCUT2D eigenvalue weighted by molar-refractivity contribution is 7.10. The largest absolute Gasteiger partial charge is 0.463 e. The van der Waals surface area contributed by atoms with Crippen LogP contribution in [0.1, 0.15) is 31.6 Å². The zero-order valence-electron chi connectivity index (χ0n) is 12.8. The molecule has 1 aromatic rings. The first kappa shape index (κ1) is 16.9. The molecule has 0 fully saturated rings. The monoisotopic (exact) mass is 339 g/mol. The van der Waals surface area contributed by atoms with Crippen molar-refractivity contribution in [2.45, 2.75) is 26.7 Å². The molecule has 2 heterocycles. The van der Waals surface area contributed by atoms with Gasteiger partial charge in [-0.3, -0.25) is 9.79 Å². The van der Waals surface area contributed by atoms with Gasteiger partial charge in [-0.15, -0.1) is 22.9 Å². The molecular formula is C16H18ClNO3S. The van der Waals surface area contributed by atoms with E-state index in [2.05, 4.69) is 4.99 Å². The summed E-state index contributed by atoms with van der Waals surface area (Å²) in [4.78, 5) is 29.9. The molecule has 1 aliphatic heterocycles. The first-order valence-corrected chi connectivity index (χ1v) is 8.47. The van der Waals surface area contributed by atoms with Crippen LogP contribution >= 0.6 is 22.9 Å². The molecule has 2 unspecified atom stereocenters. The number of aliphatic imine (C=N–C) groups is 1. The number of hydrogen-bond donors (Lipinski definition) is 0. The number of alkyl halides is 1. The second kappa shape index (κ2) is 7.20. The molecule has 0 amide bonds. The highest BCUT2D eigenvalue weighted by atomic mass is 35.5. The summed E-state index contributed by atoms with van der Waals surface area (Å²) < 4.78 is 5.17. The Morgan fingerprint density at radius 3 is 2.68 bits per heavy atom. The number of carbonyl (C=O) groups excluding carboxylic acids is 2. The zero-order chi connectivity index (χ0) is 16.3. The van der Waals surface area contributed by atoms with Crippen molar-refractivity contribution in [1.82, 2.24) is 0 Å². The molecule has 1 aliphatic rings. The van der Waals surface area contributed by atoms with Gasteiger partial charge in [-0.1, -0.05) is 6.07 Å². The fraction of sp³-hybridized carbons (Fsp3) is 0.438. The van der Waals surface area contributed by atoms with Gasteiger partial charge in [0.1, 0.15) is 5.78 Å². The van der Waals surface area contributed by atoms with Gasteiger partial charge in [0.2, 0.25) is 0 Å². The maximum absolute atomic E-state index is 12.4. The maximum Gasteiger partial charge on any atom is 0.336 e. The van der Waals surface area contributed by atoms with Crippen molar-refractivity contribution in [1.29, 1.82) is 0 Å². The number of nitrogens with zero attached hydrogens (tertiary/aromatic N) is 1. The van der Waals surface area contributed by atoms with Crippen molar-refractivity contribution < 1.29 is 14.3 Å². The maximum atomic E-state index is 12.4. The Hall–Kier alpha value is -1.46. The van der Waals surface area contributed by atoms with Crippen LogP contribution in [0.15, 0.2) is 33.8 Å². The van der Waals surface area contributed by atoms with Gasteiger partial charge >= 0.3 is 5.97 Å². The lowest BCUT2D eigenvalue weighted by Crippen LogP contribution is -2.34. The molecule has 118 valence electrons. The van der Waals surface area contributed by atoms with E-state index >= 15 is 0 Å². The number of esters is 1. The summed E-state index contributed by atoms with van der Waals surface area (Å²) in [6, 6.07) is 3.83. The van der Waals surface area contributed by atoms with E-state index in [1.165, 1.54) is 18.3 Å². The zero-order valence-corrected chi connectivity index (χ0v) is 14.3. The Balaban J connectivity index is 2.62. The summed E-state index contributed by atoms with van der Waals surface area (Å²) in [5.74, 6) is -1.18. The standard InChI is InChI=1S/C16H18ClNO3S/c1-4-21-16(20)14-11(8-17)18-9(2)13(10(3)19)15(14)12-6-5-7-22-12/h5-7,13,15H,4,8H2,1-3H3. The van der Waals surface area contributed by atoms with Crippen molar-refractivity contribution in [3.05, 3.63) is 33.7 Å². The second-order valence-corrected chi connectivity index (χ2v) is 6.30. The van der Waals surface area contributed by atoms with Crippen LogP contribution in [0.25, 0.3) is 0 Å². The average Bonchev–Trinajstić information content (AvgIpc) is 2.99. The molecule has 0 spiro atoms. The highest BCUT2D eigenvalue weighted by Crippen LogP contribution is 2.41.